The first-order valence-corrected chi connectivity index (χ1v) is 16.6. The van der Waals surface area contributed by atoms with Crippen molar-refractivity contribution in [3.05, 3.63) is 0 Å². The maximum Gasteiger partial charge on any atom is 0.306 e. The van der Waals surface area contributed by atoms with E-state index in [2.05, 4.69) is 146 Å². The van der Waals surface area contributed by atoms with Crippen LogP contribution in [-0.2, 0) is 19.1 Å². The first-order valence-electron chi connectivity index (χ1n) is 16.6. The number of methoxy groups -OCH3 is 2. The molecule has 0 aromatic heterocycles. The molecule has 0 aromatic carbocycles. The van der Waals surface area contributed by atoms with Gasteiger partial charge in [0.25, 0.3) is 0 Å². The lowest BCUT2D eigenvalue weighted by molar-refractivity contribution is -0.141. The third-order valence-corrected chi connectivity index (χ3v) is 4.87. The van der Waals surface area contributed by atoms with Crippen LogP contribution in [0.1, 0.15) is 124 Å². The topological polar surface area (TPSA) is 52.6 Å². The zero-order valence-corrected chi connectivity index (χ0v) is 31.0. The molecule has 0 heterocycles. The van der Waals surface area contributed by atoms with Gasteiger partial charge in [-0.3, -0.25) is 9.59 Å². The molecule has 0 saturated heterocycles. The van der Waals surface area contributed by atoms with E-state index in [1.807, 2.05) is 20.8 Å². The van der Waals surface area contributed by atoms with Gasteiger partial charge in [0.2, 0.25) is 0 Å². The highest BCUT2D eigenvalue weighted by Gasteiger charge is 1.95. The summed E-state index contributed by atoms with van der Waals surface area (Å²) in [6.45, 7) is 6.09. The second-order valence-electron chi connectivity index (χ2n) is 8.90. The fourth-order valence-electron chi connectivity index (χ4n) is 2.55. The van der Waals surface area contributed by atoms with E-state index < -0.39 is 0 Å². The summed E-state index contributed by atoms with van der Waals surface area (Å²) in [6, 6.07) is 0. The fraction of sp³-hybridized carbons (Fsp3) is 0.447. The number of hydrogen-bond donors (Lipinski definition) is 0. The van der Waals surface area contributed by atoms with Gasteiger partial charge in [0.05, 0.1) is 84.8 Å². The van der Waals surface area contributed by atoms with Gasteiger partial charge in [-0.1, -0.05) is 127 Å². The van der Waals surface area contributed by atoms with Crippen LogP contribution in [-0.4, -0.2) is 26.2 Å². The van der Waals surface area contributed by atoms with Crippen molar-refractivity contribution in [3.63, 3.8) is 0 Å². The van der Waals surface area contributed by atoms with E-state index in [0.29, 0.717) is 83.5 Å². The SMILES string of the molecule is C#CCC#CCC#CCCC(=O)OC.CCC#CCC#CCC#CCC.CCC#CCC#CCC#CCC#CCC#CCC#CCCC(=O)OC. The predicted octanol–water partition coefficient (Wildman–Crippen LogP) is 7.28. The van der Waals surface area contributed by atoms with Crippen LogP contribution in [0.2, 0.25) is 0 Å². The lowest BCUT2D eigenvalue weighted by atomic mass is 10.3. The van der Waals surface area contributed by atoms with E-state index in [9.17, 15) is 9.59 Å². The highest BCUT2D eigenvalue weighted by atomic mass is 16.5. The Morgan fingerprint density at radius 2 is 0.588 bits per heavy atom. The number of hydrogen-bond acceptors (Lipinski definition) is 4. The number of carbonyl (C=O) groups is 2. The van der Waals surface area contributed by atoms with Gasteiger partial charge in [-0.2, -0.15) is 0 Å². The molecule has 0 saturated carbocycles. The average molecular weight is 677 g/mol. The van der Waals surface area contributed by atoms with Gasteiger partial charge in [-0.25, -0.2) is 0 Å². The highest BCUT2D eigenvalue weighted by molar-refractivity contribution is 5.69. The summed E-state index contributed by atoms with van der Waals surface area (Å²) in [4.78, 5) is 21.5. The highest BCUT2D eigenvalue weighted by Crippen LogP contribution is 1.90. The summed E-state index contributed by atoms with van der Waals surface area (Å²) in [5.41, 5.74) is 0. The van der Waals surface area contributed by atoms with Gasteiger partial charge in [0, 0.05) is 32.1 Å². The van der Waals surface area contributed by atoms with Crippen LogP contribution in [0.5, 0.6) is 0 Å². The predicted molar refractivity (Wildman–Crippen MR) is 209 cm³/mol. The van der Waals surface area contributed by atoms with Crippen LogP contribution in [0, 0.1) is 143 Å². The molecular weight excluding hydrogens is 629 g/mol. The molecule has 0 bridgehead atoms. The van der Waals surface area contributed by atoms with Crippen molar-refractivity contribution in [1.82, 2.24) is 0 Å². The zero-order chi connectivity index (χ0) is 38.1. The Bertz CT molecular complexity index is 1730. The minimum atomic E-state index is -0.243. The first kappa shape index (κ1) is 49.1. The van der Waals surface area contributed by atoms with Gasteiger partial charge < -0.3 is 9.47 Å². The van der Waals surface area contributed by atoms with E-state index in [-0.39, 0.29) is 11.9 Å². The second kappa shape index (κ2) is 48.1. The maximum absolute atomic E-state index is 10.8. The Morgan fingerprint density at radius 1 is 0.373 bits per heavy atom. The molecule has 0 rings (SSSR count). The van der Waals surface area contributed by atoms with Crippen LogP contribution >= 0.6 is 0 Å². The van der Waals surface area contributed by atoms with Crippen molar-refractivity contribution in [1.29, 1.82) is 0 Å². The van der Waals surface area contributed by atoms with Gasteiger partial charge in [-0.05, 0) is 0 Å². The maximum atomic E-state index is 10.8. The van der Waals surface area contributed by atoms with Crippen LogP contribution < -0.4 is 0 Å². The summed E-state index contributed by atoms with van der Waals surface area (Å²) < 4.78 is 8.97. The van der Waals surface area contributed by atoms with E-state index in [0.717, 1.165) is 19.3 Å². The summed E-state index contributed by atoms with van der Waals surface area (Å²) in [5.74, 6) is 66.1. The smallest absolute Gasteiger partial charge is 0.306 e. The molecule has 0 N–H and O–H groups in total. The average Bonchev–Trinajstić information content (AvgIpc) is 3.15. The normalized spacial score (nSPS) is 6.98. The molecule has 260 valence electrons. The Kier molecular flexibility index (Phi) is 46.2. The Labute approximate surface area is 310 Å². The molecule has 0 amide bonds. The minimum Gasteiger partial charge on any atom is -0.469 e. The molecule has 0 aliphatic heterocycles. The van der Waals surface area contributed by atoms with Crippen molar-refractivity contribution < 1.29 is 19.1 Å². The summed E-state index contributed by atoms with van der Waals surface area (Å²) in [7, 11) is 2.73. The Hall–Kier alpha value is -6.34. The third kappa shape index (κ3) is 53.4. The molecule has 51 heavy (non-hydrogen) atoms. The number of rotatable bonds is 4. The van der Waals surface area contributed by atoms with E-state index in [1.165, 1.54) is 14.2 Å². The molecule has 0 aromatic rings. The van der Waals surface area contributed by atoms with Crippen molar-refractivity contribution in [2.45, 2.75) is 124 Å². The standard InChI is InChI=1S/C23H22O2.C12H12O2.C12H14/c1-3-4-5-6-7-8-9-10-11-12-13-14-15-16-17-18-19-20-21-22-23(24)25-2;1-3-4-5-6-7-8-9-10-11-12(13)14-2;1-3-5-7-9-11-12-10-8-6-4-2/h3,6,9,12,15,18,21-22H2,1-2H3;1H,4,7,10-11H2,2H3;3-4,9-10H2,1-2H3. The third-order valence-electron chi connectivity index (χ3n) is 4.87. The molecule has 0 fully saturated rings. The quantitative estimate of drug-likeness (QED) is 0.232. The largest absolute Gasteiger partial charge is 0.469 e. The molecule has 4 heteroatoms. The molecule has 0 aliphatic rings. The minimum absolute atomic E-state index is 0.238. The number of ether oxygens (including phenoxy) is 2. The Balaban J connectivity index is -0.000000747. The van der Waals surface area contributed by atoms with Crippen molar-refractivity contribution in [2.75, 3.05) is 14.2 Å². The van der Waals surface area contributed by atoms with Crippen LogP contribution in [0.4, 0.5) is 0 Å². The zero-order valence-electron chi connectivity index (χ0n) is 31.0. The van der Waals surface area contributed by atoms with E-state index >= 15 is 0 Å². The van der Waals surface area contributed by atoms with Gasteiger partial charge in [0.15, 0.2) is 0 Å². The van der Waals surface area contributed by atoms with Gasteiger partial charge >= 0.3 is 11.9 Å². The molecular formula is C47H48O4. The second-order valence-corrected chi connectivity index (χ2v) is 8.90. The lowest BCUT2D eigenvalue weighted by Crippen LogP contribution is -1.98. The molecule has 0 unspecified atom stereocenters. The monoisotopic (exact) mass is 676 g/mol. The van der Waals surface area contributed by atoms with Gasteiger partial charge in [-0.15, -0.1) is 36.0 Å². The molecule has 0 spiro atoms. The fourth-order valence-corrected chi connectivity index (χ4v) is 2.55. The van der Waals surface area contributed by atoms with E-state index in [4.69, 9.17) is 6.42 Å². The van der Waals surface area contributed by atoms with Crippen molar-refractivity contribution >= 4 is 11.9 Å². The van der Waals surface area contributed by atoms with Crippen LogP contribution in [0.15, 0.2) is 0 Å². The van der Waals surface area contributed by atoms with Crippen molar-refractivity contribution in [2.24, 2.45) is 0 Å². The summed E-state index contributed by atoms with van der Waals surface area (Å²) in [5, 5.41) is 0. The Morgan fingerprint density at radius 3 is 0.804 bits per heavy atom. The number of carbonyl (C=O) groups excluding carboxylic acids is 2. The van der Waals surface area contributed by atoms with Crippen LogP contribution in [0.3, 0.4) is 0 Å². The summed E-state index contributed by atoms with van der Waals surface area (Å²) in [6.07, 6.45) is 14.4. The number of terminal acetylenes is 1. The number of esters is 2. The molecule has 4 nitrogen and oxygen atoms in total. The summed E-state index contributed by atoms with van der Waals surface area (Å²) >= 11 is 0. The van der Waals surface area contributed by atoms with Crippen LogP contribution in [0.25, 0.3) is 0 Å². The van der Waals surface area contributed by atoms with Gasteiger partial charge in [0.1, 0.15) is 0 Å². The molecule has 0 atom stereocenters. The molecule has 0 radical (unpaired) electrons. The van der Waals surface area contributed by atoms with E-state index in [1.54, 1.807) is 0 Å². The first-order chi connectivity index (χ1) is 25.0. The molecule has 0 aliphatic carbocycles. The lowest BCUT2D eigenvalue weighted by Gasteiger charge is -1.91. The van der Waals surface area contributed by atoms with Crippen molar-refractivity contribution in [3.8, 4) is 143 Å².